The molecule has 7 heterocycles. The Balaban J connectivity index is 0.000000114. The van der Waals surface area contributed by atoms with Crippen LogP contribution in [0.25, 0.3) is 132 Å². The molecule has 0 amide bonds. The summed E-state index contributed by atoms with van der Waals surface area (Å²) in [6.07, 6.45) is 3.93. The van der Waals surface area contributed by atoms with Gasteiger partial charge in [0.05, 0.1) is 55.6 Å². The van der Waals surface area contributed by atoms with Crippen molar-refractivity contribution in [1.29, 1.82) is 0 Å². The Bertz CT molecular complexity index is 5230. The van der Waals surface area contributed by atoms with Gasteiger partial charge >= 0.3 is 7.12 Å². The lowest BCUT2D eigenvalue weighted by Crippen LogP contribution is -2.41. The summed E-state index contributed by atoms with van der Waals surface area (Å²) >= 11 is 3.46. The van der Waals surface area contributed by atoms with Gasteiger partial charge in [0.1, 0.15) is 11.3 Å². The van der Waals surface area contributed by atoms with E-state index in [4.69, 9.17) is 29.2 Å². The van der Waals surface area contributed by atoms with Crippen molar-refractivity contribution in [3.63, 3.8) is 0 Å². The molecule has 0 radical (unpaired) electrons. The van der Waals surface area contributed by atoms with Crippen LogP contribution in [0.2, 0.25) is 0 Å². The zero-order chi connectivity index (χ0) is 56.7. The minimum atomic E-state index is -0.504. The van der Waals surface area contributed by atoms with Crippen molar-refractivity contribution in [2.45, 2.75) is 38.9 Å². The number of halogens is 1. The second-order valence-corrected chi connectivity index (χ2v) is 23.5. The van der Waals surface area contributed by atoms with Crippen LogP contribution in [0.15, 0.2) is 260 Å². The van der Waals surface area contributed by atoms with Crippen LogP contribution < -0.4 is 5.59 Å². The number of hydrogen-bond donors (Lipinski definition) is 0. The second kappa shape index (κ2) is 20.4. The molecule has 17 rings (SSSR count). The van der Waals surface area contributed by atoms with Crippen molar-refractivity contribution in [3.05, 3.63) is 260 Å². The highest BCUT2D eigenvalue weighted by Crippen LogP contribution is 2.39. The van der Waals surface area contributed by atoms with E-state index in [0.29, 0.717) is 0 Å². The number of aromatic nitrogens is 6. The van der Waals surface area contributed by atoms with Crippen molar-refractivity contribution in [2.24, 2.45) is 0 Å². The fourth-order valence-electron chi connectivity index (χ4n) is 11.9. The number of hydrogen-bond acceptors (Lipinski definition) is 6. The average molecular weight is 1150 g/mol. The summed E-state index contributed by atoms with van der Waals surface area (Å²) in [5, 5.41) is 11.8. The van der Waals surface area contributed by atoms with Gasteiger partial charge in [-0.3, -0.25) is 18.8 Å². The summed E-state index contributed by atoms with van der Waals surface area (Å²) in [4.78, 5) is 19.7. The Morgan fingerprint density at radius 3 is 1.29 bits per heavy atom. The molecule has 1 aliphatic heterocycles. The fraction of sp³-hybridized carbons (Fsp3) is 0.0811. The highest BCUT2D eigenvalue weighted by Gasteiger charge is 2.52. The molecule has 10 heteroatoms. The molecule has 0 bridgehead atoms. The molecule has 8 nitrogen and oxygen atoms in total. The molecule has 402 valence electrons. The molecule has 0 saturated carbocycles. The fourth-order valence-corrected chi connectivity index (χ4v) is 12.1. The predicted molar refractivity (Wildman–Crippen MR) is 352 cm³/mol. The quantitative estimate of drug-likeness (QED) is 0.129. The van der Waals surface area contributed by atoms with Gasteiger partial charge in [-0.15, -0.1) is 0 Å². The van der Waals surface area contributed by atoms with E-state index in [1.54, 1.807) is 0 Å². The topological polar surface area (TPSA) is 78.8 Å². The third-order valence-corrected chi connectivity index (χ3v) is 17.5. The molecule has 84 heavy (non-hydrogen) atoms. The zero-order valence-corrected chi connectivity index (χ0v) is 48.3. The number of rotatable bonds is 4. The second-order valence-electron chi connectivity index (χ2n) is 22.6. The zero-order valence-electron chi connectivity index (χ0n) is 46.7. The summed E-state index contributed by atoms with van der Waals surface area (Å²) in [5.74, 6) is 0. The summed E-state index contributed by atoms with van der Waals surface area (Å²) in [6.45, 7) is 8.23. The normalized spacial score (nSPS) is 13.8. The summed E-state index contributed by atoms with van der Waals surface area (Å²) in [7, 11) is -0.504. The molecular formula is C74H54BBrN6O2. The van der Waals surface area contributed by atoms with Gasteiger partial charge in [-0.1, -0.05) is 186 Å². The Morgan fingerprint density at radius 1 is 0.357 bits per heavy atom. The van der Waals surface area contributed by atoms with Crippen LogP contribution in [0.1, 0.15) is 27.7 Å². The first kappa shape index (κ1) is 51.3. The summed E-state index contributed by atoms with van der Waals surface area (Å²) < 4.78 is 18.1. The Labute approximate surface area is 493 Å². The predicted octanol–water partition coefficient (Wildman–Crippen LogP) is 18.4. The lowest BCUT2D eigenvalue weighted by molar-refractivity contribution is 0.00578. The van der Waals surface area contributed by atoms with Gasteiger partial charge in [0.2, 0.25) is 0 Å². The maximum atomic E-state index is 6.25. The van der Waals surface area contributed by atoms with Crippen LogP contribution in [0, 0.1) is 0 Å². The standard InChI is InChI=1S/C34H21N3.C24H22BN3O2.C16H11Br/c1-2-8-25-19-26(18-15-22(25)7-1)23-13-16-24(17-14-23)31-20-28-29(21-35-31)27-9-3-5-11-32(27)37-33-12-6-4-10-30(33)36-34(28)37;1-23(2)24(3,4)30-25(29-23)21-13-16-17(14-26-21)15-9-5-7-11-19(15)28-20-12-8-6-10-18(20)27-22(16)28;17-16-9-7-13(8-10-16)15-6-5-12-3-1-2-4-14(12)11-15/h1-21H;5-14H,1-4H3;1-11H. The van der Waals surface area contributed by atoms with E-state index in [1.807, 2.05) is 24.5 Å². The molecule has 16 aromatic rings. The smallest absolute Gasteiger partial charge is 0.398 e. The SMILES string of the molecule is Brc1ccc(-c2ccc3ccccc3c2)cc1.CC1(C)OB(c2cc3c(cn2)c2ccccc2n2c4ccccc4nc32)OC1(C)C.c1ccc2cc(-c3ccc(-c4cc5c(cn4)c4ccccc4n4c6ccccc6nc54)cc3)ccc2c1. The van der Waals surface area contributed by atoms with Crippen LogP contribution in [0.5, 0.6) is 0 Å². The van der Waals surface area contributed by atoms with E-state index in [9.17, 15) is 0 Å². The van der Waals surface area contributed by atoms with E-state index < -0.39 is 18.3 Å². The van der Waals surface area contributed by atoms with E-state index in [0.717, 1.165) is 92.6 Å². The van der Waals surface area contributed by atoms with Gasteiger partial charge in [0.25, 0.3) is 0 Å². The minimum Gasteiger partial charge on any atom is -0.398 e. The van der Waals surface area contributed by atoms with Crippen molar-refractivity contribution in [2.75, 3.05) is 0 Å². The highest BCUT2D eigenvalue weighted by atomic mass is 79.9. The van der Waals surface area contributed by atoms with Gasteiger partial charge in [0.15, 0.2) is 0 Å². The van der Waals surface area contributed by atoms with E-state index >= 15 is 0 Å². The average Bonchev–Trinajstić information content (AvgIpc) is 1.75. The minimum absolute atomic E-state index is 0.408. The third-order valence-electron chi connectivity index (χ3n) is 17.0. The first-order chi connectivity index (χ1) is 41.0. The molecule has 1 fully saturated rings. The van der Waals surface area contributed by atoms with Crippen molar-refractivity contribution in [3.8, 4) is 33.5 Å². The largest absolute Gasteiger partial charge is 0.514 e. The number of benzene rings is 10. The van der Waals surface area contributed by atoms with Crippen LogP contribution >= 0.6 is 15.9 Å². The Hall–Kier alpha value is -9.58. The monoisotopic (exact) mass is 1150 g/mol. The van der Waals surface area contributed by atoms with Gasteiger partial charge in [-0.05, 0) is 144 Å². The Kier molecular flexibility index (Phi) is 12.5. The number of nitrogens with zero attached hydrogens (tertiary/aromatic N) is 6. The van der Waals surface area contributed by atoms with Crippen LogP contribution in [0.3, 0.4) is 0 Å². The number of imidazole rings is 2. The molecule has 6 aromatic heterocycles. The third kappa shape index (κ3) is 8.93. The molecule has 0 spiro atoms. The summed E-state index contributed by atoms with van der Waals surface area (Å²) in [6, 6.07) is 85.0. The first-order valence-electron chi connectivity index (χ1n) is 28.4. The summed E-state index contributed by atoms with van der Waals surface area (Å²) in [5.41, 5.74) is 15.3. The molecule has 0 N–H and O–H groups in total. The molecule has 0 atom stereocenters. The molecule has 1 aliphatic rings. The van der Waals surface area contributed by atoms with Gasteiger partial charge in [0, 0.05) is 54.7 Å². The van der Waals surface area contributed by atoms with Gasteiger partial charge in [-0.25, -0.2) is 9.97 Å². The maximum Gasteiger partial charge on any atom is 0.514 e. The van der Waals surface area contributed by atoms with E-state index in [-0.39, 0.29) is 0 Å². The van der Waals surface area contributed by atoms with Crippen molar-refractivity contribution in [1.82, 2.24) is 28.7 Å². The van der Waals surface area contributed by atoms with Crippen molar-refractivity contribution < 1.29 is 9.31 Å². The maximum absolute atomic E-state index is 6.25. The highest BCUT2D eigenvalue weighted by molar-refractivity contribution is 9.10. The van der Waals surface area contributed by atoms with E-state index in [2.05, 4.69) is 283 Å². The lowest BCUT2D eigenvalue weighted by Gasteiger charge is -2.32. The number of pyridine rings is 4. The number of para-hydroxylation sites is 6. The van der Waals surface area contributed by atoms with Crippen LogP contribution in [-0.4, -0.2) is 47.1 Å². The molecule has 1 saturated heterocycles. The van der Waals surface area contributed by atoms with E-state index in [1.165, 1.54) is 49.2 Å². The van der Waals surface area contributed by atoms with Crippen LogP contribution in [-0.2, 0) is 9.31 Å². The van der Waals surface area contributed by atoms with Gasteiger partial charge < -0.3 is 9.31 Å². The number of fused-ring (bicyclic) bond motifs is 18. The van der Waals surface area contributed by atoms with Crippen LogP contribution in [0.4, 0.5) is 0 Å². The molecule has 0 aliphatic carbocycles. The molecule has 10 aromatic carbocycles. The lowest BCUT2D eigenvalue weighted by atomic mass is 9.83. The van der Waals surface area contributed by atoms with Crippen molar-refractivity contribution >= 4 is 127 Å². The molecule has 0 unspecified atom stereocenters. The van der Waals surface area contributed by atoms with Gasteiger partial charge in [-0.2, -0.15) is 0 Å². The Morgan fingerprint density at radius 2 is 0.762 bits per heavy atom. The first-order valence-corrected chi connectivity index (χ1v) is 29.2. The molecular weight excluding hydrogens is 1100 g/mol.